The summed E-state index contributed by atoms with van der Waals surface area (Å²) in [5.41, 5.74) is 5.27. The Morgan fingerprint density at radius 1 is 1.00 bits per heavy atom. The predicted octanol–water partition coefficient (Wildman–Crippen LogP) is 3.37. The number of aromatic nitrogens is 1. The lowest BCUT2D eigenvalue weighted by molar-refractivity contribution is 0.0923. The third kappa shape index (κ3) is 2.97. The van der Waals surface area contributed by atoms with Crippen molar-refractivity contribution in [3.8, 4) is 0 Å². The molecule has 0 amide bonds. The minimum atomic E-state index is -0.357. The SMILES string of the molecule is Cc1cc2ccccc2n1C[C@H](O)CN1CCc2ccccc2C1. The molecule has 1 aliphatic rings. The van der Waals surface area contributed by atoms with Gasteiger partial charge in [0, 0.05) is 30.8 Å². The highest BCUT2D eigenvalue weighted by Gasteiger charge is 2.19. The van der Waals surface area contributed by atoms with Gasteiger partial charge in [-0.2, -0.15) is 0 Å². The van der Waals surface area contributed by atoms with E-state index in [4.69, 9.17) is 0 Å². The summed E-state index contributed by atoms with van der Waals surface area (Å²) in [6, 6.07) is 19.2. The summed E-state index contributed by atoms with van der Waals surface area (Å²) in [5, 5.41) is 11.9. The third-order valence-corrected chi connectivity index (χ3v) is 5.09. The van der Waals surface area contributed by atoms with E-state index in [9.17, 15) is 5.11 Å². The first-order valence-electron chi connectivity index (χ1n) is 8.73. The van der Waals surface area contributed by atoms with Crippen molar-refractivity contribution in [3.05, 3.63) is 71.4 Å². The molecule has 0 aliphatic carbocycles. The monoisotopic (exact) mass is 320 g/mol. The van der Waals surface area contributed by atoms with E-state index in [2.05, 4.69) is 71.0 Å². The maximum absolute atomic E-state index is 10.6. The molecule has 0 saturated carbocycles. The Bertz CT molecular complexity index is 852. The zero-order chi connectivity index (χ0) is 16.5. The van der Waals surface area contributed by atoms with Gasteiger partial charge in [0.1, 0.15) is 0 Å². The van der Waals surface area contributed by atoms with Crippen molar-refractivity contribution in [1.29, 1.82) is 0 Å². The molecule has 0 radical (unpaired) electrons. The van der Waals surface area contributed by atoms with Gasteiger partial charge in [-0.3, -0.25) is 4.90 Å². The van der Waals surface area contributed by atoms with Crippen LogP contribution in [0, 0.1) is 6.92 Å². The molecule has 124 valence electrons. The summed E-state index contributed by atoms with van der Waals surface area (Å²) in [4.78, 5) is 2.37. The van der Waals surface area contributed by atoms with Crippen molar-refractivity contribution in [2.45, 2.75) is 32.5 Å². The first-order valence-corrected chi connectivity index (χ1v) is 8.73. The number of hydrogen-bond donors (Lipinski definition) is 1. The molecule has 24 heavy (non-hydrogen) atoms. The van der Waals surface area contributed by atoms with Crippen molar-refractivity contribution in [1.82, 2.24) is 9.47 Å². The highest BCUT2D eigenvalue weighted by atomic mass is 16.3. The molecule has 3 nitrogen and oxygen atoms in total. The summed E-state index contributed by atoms with van der Waals surface area (Å²) < 4.78 is 2.23. The Kier molecular flexibility index (Phi) is 4.13. The molecule has 0 spiro atoms. The van der Waals surface area contributed by atoms with E-state index in [1.165, 1.54) is 27.7 Å². The molecule has 4 rings (SSSR count). The number of aliphatic hydroxyl groups is 1. The van der Waals surface area contributed by atoms with E-state index in [0.29, 0.717) is 6.54 Å². The lowest BCUT2D eigenvalue weighted by Crippen LogP contribution is -2.38. The van der Waals surface area contributed by atoms with Crippen molar-refractivity contribution in [3.63, 3.8) is 0 Å². The molecule has 1 atom stereocenters. The highest BCUT2D eigenvalue weighted by molar-refractivity contribution is 5.81. The van der Waals surface area contributed by atoms with Gasteiger partial charge < -0.3 is 9.67 Å². The number of para-hydroxylation sites is 1. The number of aliphatic hydroxyl groups excluding tert-OH is 1. The van der Waals surface area contributed by atoms with Crippen LogP contribution in [-0.4, -0.2) is 33.8 Å². The fraction of sp³-hybridized carbons (Fsp3) is 0.333. The Morgan fingerprint density at radius 2 is 1.75 bits per heavy atom. The number of rotatable bonds is 4. The van der Waals surface area contributed by atoms with Crippen LogP contribution in [0.2, 0.25) is 0 Å². The van der Waals surface area contributed by atoms with Crippen molar-refractivity contribution in [2.24, 2.45) is 0 Å². The standard InChI is InChI=1S/C21H24N2O/c1-16-12-18-7-4-5-9-21(18)23(16)15-20(24)14-22-11-10-17-6-2-3-8-19(17)13-22/h2-9,12,20,24H,10-11,13-15H2,1H3/t20-/m1/s1. The summed E-state index contributed by atoms with van der Waals surface area (Å²) in [6.07, 6.45) is 0.721. The van der Waals surface area contributed by atoms with Crippen molar-refractivity contribution >= 4 is 10.9 Å². The fourth-order valence-electron chi connectivity index (χ4n) is 3.87. The van der Waals surface area contributed by atoms with Crippen LogP contribution in [0.15, 0.2) is 54.6 Å². The van der Waals surface area contributed by atoms with Gasteiger partial charge in [-0.05, 0) is 42.0 Å². The number of nitrogens with zero attached hydrogens (tertiary/aromatic N) is 2. The zero-order valence-corrected chi connectivity index (χ0v) is 14.2. The van der Waals surface area contributed by atoms with E-state index in [-0.39, 0.29) is 6.10 Å². The quantitative estimate of drug-likeness (QED) is 0.798. The zero-order valence-electron chi connectivity index (χ0n) is 14.2. The van der Waals surface area contributed by atoms with Gasteiger partial charge in [-0.25, -0.2) is 0 Å². The van der Waals surface area contributed by atoms with Gasteiger partial charge in [0.25, 0.3) is 0 Å². The van der Waals surface area contributed by atoms with Crippen LogP contribution >= 0.6 is 0 Å². The predicted molar refractivity (Wildman–Crippen MR) is 98.1 cm³/mol. The molecule has 2 heterocycles. The third-order valence-electron chi connectivity index (χ3n) is 5.09. The van der Waals surface area contributed by atoms with Crippen molar-refractivity contribution in [2.75, 3.05) is 13.1 Å². The molecular weight excluding hydrogens is 296 g/mol. The highest BCUT2D eigenvalue weighted by Crippen LogP contribution is 2.21. The van der Waals surface area contributed by atoms with Crippen LogP contribution in [0.5, 0.6) is 0 Å². The van der Waals surface area contributed by atoms with E-state index < -0.39 is 0 Å². The molecule has 1 aliphatic heterocycles. The number of β-amino-alcohol motifs (C(OH)–C–C–N with tert-alkyl or cyclic N) is 1. The van der Waals surface area contributed by atoms with E-state index in [0.717, 1.165) is 26.1 Å². The Hall–Kier alpha value is -2.10. The molecular formula is C21H24N2O. The topological polar surface area (TPSA) is 28.4 Å². The summed E-state index contributed by atoms with van der Waals surface area (Å²) in [6.45, 7) is 5.46. The normalized spacial score (nSPS) is 16.2. The van der Waals surface area contributed by atoms with E-state index in [1.54, 1.807) is 0 Å². The molecule has 0 bridgehead atoms. The first kappa shape index (κ1) is 15.4. The second-order valence-electron chi connectivity index (χ2n) is 6.86. The fourth-order valence-corrected chi connectivity index (χ4v) is 3.87. The molecule has 0 unspecified atom stereocenters. The summed E-state index contributed by atoms with van der Waals surface area (Å²) >= 11 is 0. The molecule has 1 aromatic heterocycles. The second kappa shape index (κ2) is 6.42. The number of hydrogen-bond acceptors (Lipinski definition) is 2. The van der Waals surface area contributed by atoms with E-state index in [1.807, 2.05) is 0 Å². The summed E-state index contributed by atoms with van der Waals surface area (Å²) in [7, 11) is 0. The molecule has 3 aromatic rings. The van der Waals surface area contributed by atoms with E-state index >= 15 is 0 Å². The van der Waals surface area contributed by atoms with Gasteiger partial charge in [-0.15, -0.1) is 0 Å². The van der Waals surface area contributed by atoms with Gasteiger partial charge in [0.2, 0.25) is 0 Å². The molecule has 3 heteroatoms. The lowest BCUT2D eigenvalue weighted by atomic mass is 10.00. The average molecular weight is 320 g/mol. The maximum atomic E-state index is 10.6. The minimum Gasteiger partial charge on any atom is -0.390 e. The van der Waals surface area contributed by atoms with Crippen LogP contribution in [0.4, 0.5) is 0 Å². The molecule has 2 aromatic carbocycles. The van der Waals surface area contributed by atoms with Gasteiger partial charge in [0.15, 0.2) is 0 Å². The van der Waals surface area contributed by atoms with Crippen LogP contribution in [0.25, 0.3) is 10.9 Å². The Morgan fingerprint density at radius 3 is 2.62 bits per heavy atom. The minimum absolute atomic E-state index is 0.357. The average Bonchev–Trinajstić information content (AvgIpc) is 2.90. The number of fused-ring (bicyclic) bond motifs is 2. The molecule has 0 fully saturated rings. The Labute approximate surface area is 143 Å². The largest absolute Gasteiger partial charge is 0.390 e. The van der Waals surface area contributed by atoms with Crippen molar-refractivity contribution < 1.29 is 5.11 Å². The Balaban J connectivity index is 1.45. The van der Waals surface area contributed by atoms with Crippen LogP contribution < -0.4 is 0 Å². The maximum Gasteiger partial charge on any atom is 0.0845 e. The number of benzene rings is 2. The summed E-state index contributed by atoms with van der Waals surface area (Å²) in [5.74, 6) is 0. The lowest BCUT2D eigenvalue weighted by Gasteiger charge is -2.30. The van der Waals surface area contributed by atoms with Crippen LogP contribution in [0.3, 0.4) is 0 Å². The van der Waals surface area contributed by atoms with Gasteiger partial charge >= 0.3 is 0 Å². The van der Waals surface area contributed by atoms with Gasteiger partial charge in [-0.1, -0.05) is 42.5 Å². The molecule has 0 saturated heterocycles. The number of aryl methyl sites for hydroxylation is 1. The smallest absolute Gasteiger partial charge is 0.0845 e. The van der Waals surface area contributed by atoms with Crippen LogP contribution in [-0.2, 0) is 19.5 Å². The van der Waals surface area contributed by atoms with Gasteiger partial charge in [0.05, 0.1) is 12.6 Å². The molecule has 1 N–H and O–H groups in total. The first-order chi connectivity index (χ1) is 11.7. The van der Waals surface area contributed by atoms with Crippen LogP contribution in [0.1, 0.15) is 16.8 Å². The second-order valence-corrected chi connectivity index (χ2v) is 6.86.